The molecule has 1 atom stereocenters. The van der Waals surface area contributed by atoms with Crippen LogP contribution in [0.4, 0.5) is 0 Å². The predicted molar refractivity (Wildman–Crippen MR) is 70.3 cm³/mol. The van der Waals surface area contributed by atoms with Crippen molar-refractivity contribution in [3.63, 3.8) is 0 Å². The molecule has 3 rings (SSSR count). The van der Waals surface area contributed by atoms with Crippen molar-refractivity contribution in [2.45, 2.75) is 25.8 Å². The van der Waals surface area contributed by atoms with Gasteiger partial charge in [0.25, 0.3) is 0 Å². The lowest BCUT2D eigenvalue weighted by atomic mass is 10.3. The van der Waals surface area contributed by atoms with Crippen molar-refractivity contribution in [2.75, 3.05) is 13.1 Å². The van der Waals surface area contributed by atoms with E-state index >= 15 is 0 Å². The molecule has 17 heavy (non-hydrogen) atoms. The second kappa shape index (κ2) is 4.31. The second-order valence-electron chi connectivity index (χ2n) is 4.70. The lowest BCUT2D eigenvalue weighted by Crippen LogP contribution is -2.24. The van der Waals surface area contributed by atoms with Crippen LogP contribution in [0.3, 0.4) is 0 Å². The molecular weight excluding hydrogens is 234 g/mol. The number of hydrogen-bond donors (Lipinski definition) is 1. The molecule has 0 bridgehead atoms. The van der Waals surface area contributed by atoms with Gasteiger partial charge in [0.2, 0.25) is 0 Å². The summed E-state index contributed by atoms with van der Waals surface area (Å²) in [5, 5.41) is 0.751. The Labute approximate surface area is 106 Å². The van der Waals surface area contributed by atoms with Crippen LogP contribution < -0.4 is 0 Å². The molecule has 1 aromatic heterocycles. The summed E-state index contributed by atoms with van der Waals surface area (Å²) >= 11 is 5.98. The van der Waals surface area contributed by atoms with E-state index in [1.165, 1.54) is 25.9 Å². The average molecular weight is 250 g/mol. The molecule has 1 aliphatic rings. The minimum absolute atomic E-state index is 0.365. The van der Waals surface area contributed by atoms with Crippen LogP contribution in [0.5, 0.6) is 0 Å². The molecule has 1 saturated heterocycles. The van der Waals surface area contributed by atoms with Gasteiger partial charge in [-0.3, -0.25) is 4.90 Å². The maximum Gasteiger partial charge on any atom is 0.124 e. The first-order valence-electron chi connectivity index (χ1n) is 6.13. The topological polar surface area (TPSA) is 31.9 Å². The highest BCUT2D eigenvalue weighted by Crippen LogP contribution is 2.25. The number of rotatable bonds is 2. The molecule has 1 aromatic carbocycles. The first-order chi connectivity index (χ1) is 8.24. The number of aromatic amines is 1. The molecule has 0 aliphatic carbocycles. The molecule has 1 unspecified atom stereocenters. The van der Waals surface area contributed by atoms with Gasteiger partial charge in [-0.15, -0.1) is 0 Å². The van der Waals surface area contributed by atoms with Crippen molar-refractivity contribution in [1.29, 1.82) is 0 Å². The van der Waals surface area contributed by atoms with E-state index < -0.39 is 0 Å². The van der Waals surface area contributed by atoms with Crippen LogP contribution in [0.25, 0.3) is 11.0 Å². The summed E-state index contributed by atoms with van der Waals surface area (Å²) in [4.78, 5) is 10.5. The van der Waals surface area contributed by atoms with E-state index in [0.29, 0.717) is 6.04 Å². The third-order valence-corrected chi connectivity index (χ3v) is 3.78. The van der Waals surface area contributed by atoms with Gasteiger partial charge < -0.3 is 4.98 Å². The van der Waals surface area contributed by atoms with Crippen LogP contribution in [-0.2, 0) is 0 Å². The summed E-state index contributed by atoms with van der Waals surface area (Å²) in [7, 11) is 0. The predicted octanol–water partition coefficient (Wildman–Crippen LogP) is 3.37. The lowest BCUT2D eigenvalue weighted by Gasteiger charge is -2.21. The Bertz CT molecular complexity index is 528. The Balaban J connectivity index is 1.94. The molecule has 1 N–H and O–H groups in total. The van der Waals surface area contributed by atoms with Crippen LogP contribution in [0.2, 0.25) is 5.02 Å². The van der Waals surface area contributed by atoms with E-state index in [9.17, 15) is 0 Å². The molecule has 2 heterocycles. The zero-order valence-corrected chi connectivity index (χ0v) is 10.7. The van der Waals surface area contributed by atoms with E-state index in [0.717, 1.165) is 21.9 Å². The fraction of sp³-hybridized carbons (Fsp3) is 0.462. The van der Waals surface area contributed by atoms with Crippen LogP contribution in [0.1, 0.15) is 31.6 Å². The van der Waals surface area contributed by atoms with Crippen molar-refractivity contribution >= 4 is 22.6 Å². The highest BCUT2D eigenvalue weighted by atomic mass is 35.5. The van der Waals surface area contributed by atoms with Crippen LogP contribution in [0, 0.1) is 0 Å². The zero-order chi connectivity index (χ0) is 11.8. The van der Waals surface area contributed by atoms with E-state index in [-0.39, 0.29) is 0 Å². The highest BCUT2D eigenvalue weighted by molar-refractivity contribution is 6.31. The van der Waals surface area contributed by atoms with Gasteiger partial charge in [0.15, 0.2) is 0 Å². The largest absolute Gasteiger partial charge is 0.341 e. The molecule has 0 saturated carbocycles. The van der Waals surface area contributed by atoms with Crippen LogP contribution in [0.15, 0.2) is 18.2 Å². The Hall–Kier alpha value is -1.06. The molecule has 0 spiro atoms. The minimum Gasteiger partial charge on any atom is -0.341 e. The van der Waals surface area contributed by atoms with Gasteiger partial charge in [-0.1, -0.05) is 11.6 Å². The van der Waals surface area contributed by atoms with E-state index in [1.54, 1.807) is 0 Å². The number of hydrogen-bond acceptors (Lipinski definition) is 2. The number of likely N-dealkylation sites (tertiary alicyclic amines) is 1. The fourth-order valence-corrected chi connectivity index (χ4v) is 2.67. The molecule has 1 aliphatic heterocycles. The van der Waals surface area contributed by atoms with Crippen molar-refractivity contribution in [2.24, 2.45) is 0 Å². The summed E-state index contributed by atoms with van der Waals surface area (Å²) in [5.41, 5.74) is 2.02. The maximum absolute atomic E-state index is 5.98. The van der Waals surface area contributed by atoms with Gasteiger partial charge in [-0.25, -0.2) is 4.98 Å². The normalized spacial score (nSPS) is 18.9. The van der Waals surface area contributed by atoms with E-state index in [4.69, 9.17) is 11.6 Å². The van der Waals surface area contributed by atoms with Crippen molar-refractivity contribution < 1.29 is 0 Å². The Morgan fingerprint density at radius 3 is 2.88 bits per heavy atom. The highest BCUT2D eigenvalue weighted by Gasteiger charge is 2.21. The van der Waals surface area contributed by atoms with Gasteiger partial charge in [-0.05, 0) is 51.1 Å². The molecule has 2 aromatic rings. The van der Waals surface area contributed by atoms with Crippen molar-refractivity contribution in [3.05, 3.63) is 29.0 Å². The number of halogens is 1. The zero-order valence-electron chi connectivity index (χ0n) is 9.91. The minimum atomic E-state index is 0.365. The summed E-state index contributed by atoms with van der Waals surface area (Å²) < 4.78 is 0. The quantitative estimate of drug-likeness (QED) is 0.885. The third-order valence-electron chi connectivity index (χ3n) is 3.55. The molecule has 3 nitrogen and oxygen atoms in total. The molecular formula is C13H16ClN3. The second-order valence-corrected chi connectivity index (χ2v) is 5.14. The number of benzene rings is 1. The third kappa shape index (κ3) is 2.05. The molecule has 90 valence electrons. The lowest BCUT2D eigenvalue weighted by molar-refractivity contribution is 0.255. The van der Waals surface area contributed by atoms with Crippen molar-refractivity contribution in [1.82, 2.24) is 14.9 Å². The Morgan fingerprint density at radius 2 is 2.12 bits per heavy atom. The standard InChI is InChI=1S/C13H16ClN3/c1-9(17-6-2-3-7-17)13-15-11-5-4-10(14)8-12(11)16-13/h4-5,8-9H,2-3,6-7H2,1H3,(H,15,16). The van der Waals surface area contributed by atoms with Crippen molar-refractivity contribution in [3.8, 4) is 0 Å². The van der Waals surface area contributed by atoms with Gasteiger partial charge in [0.05, 0.1) is 17.1 Å². The first kappa shape index (κ1) is 11.1. The van der Waals surface area contributed by atoms with Gasteiger partial charge in [0.1, 0.15) is 5.82 Å². The number of nitrogens with zero attached hydrogens (tertiary/aromatic N) is 2. The number of imidazole rings is 1. The van der Waals surface area contributed by atoms with E-state index in [1.807, 2.05) is 18.2 Å². The summed E-state index contributed by atoms with van der Waals surface area (Å²) in [6, 6.07) is 6.15. The monoisotopic (exact) mass is 249 g/mol. The molecule has 0 radical (unpaired) electrons. The Morgan fingerprint density at radius 1 is 1.35 bits per heavy atom. The van der Waals surface area contributed by atoms with Gasteiger partial charge >= 0.3 is 0 Å². The number of fused-ring (bicyclic) bond motifs is 1. The fourth-order valence-electron chi connectivity index (χ4n) is 2.50. The van der Waals surface area contributed by atoms with Crippen LogP contribution in [-0.4, -0.2) is 28.0 Å². The van der Waals surface area contributed by atoms with Crippen LogP contribution >= 0.6 is 11.6 Å². The molecule has 1 fully saturated rings. The average Bonchev–Trinajstić information content (AvgIpc) is 2.96. The van der Waals surface area contributed by atoms with E-state index in [2.05, 4.69) is 21.8 Å². The Kier molecular flexibility index (Phi) is 2.81. The summed E-state index contributed by atoms with van der Waals surface area (Å²) in [5.74, 6) is 1.05. The molecule has 0 amide bonds. The number of nitrogens with one attached hydrogen (secondary N) is 1. The maximum atomic E-state index is 5.98. The number of H-pyrrole nitrogens is 1. The van der Waals surface area contributed by atoms with Gasteiger partial charge in [0, 0.05) is 5.02 Å². The molecule has 4 heteroatoms. The smallest absolute Gasteiger partial charge is 0.124 e. The first-order valence-corrected chi connectivity index (χ1v) is 6.51. The summed E-state index contributed by atoms with van der Waals surface area (Å²) in [6.45, 7) is 4.57. The SMILES string of the molecule is CC(c1nc2ccc(Cl)cc2[nH]1)N1CCCC1. The number of aromatic nitrogens is 2. The summed E-state index contributed by atoms with van der Waals surface area (Å²) in [6.07, 6.45) is 2.60. The van der Waals surface area contributed by atoms with Gasteiger partial charge in [-0.2, -0.15) is 0 Å².